The molecular formula is C14H15BrN4O2. The van der Waals surface area contributed by atoms with Crippen molar-refractivity contribution in [2.45, 2.75) is 0 Å². The number of pyridine rings is 1. The van der Waals surface area contributed by atoms with Gasteiger partial charge in [-0.1, -0.05) is 12.1 Å². The second-order valence-electron chi connectivity index (χ2n) is 4.23. The van der Waals surface area contributed by atoms with Crippen LogP contribution in [0.2, 0.25) is 0 Å². The van der Waals surface area contributed by atoms with E-state index in [4.69, 9.17) is 10.6 Å². The molecule has 0 bridgehead atoms. The Morgan fingerprint density at radius 1 is 1.43 bits per heavy atom. The minimum Gasteiger partial charge on any atom is -0.495 e. The summed E-state index contributed by atoms with van der Waals surface area (Å²) in [5, 5.41) is 0. The van der Waals surface area contributed by atoms with E-state index in [2.05, 4.69) is 26.3 Å². The van der Waals surface area contributed by atoms with E-state index in [0.29, 0.717) is 27.3 Å². The number of aromatic nitrogens is 1. The van der Waals surface area contributed by atoms with E-state index in [9.17, 15) is 4.79 Å². The fourth-order valence-corrected chi connectivity index (χ4v) is 2.25. The first-order chi connectivity index (χ1) is 10.1. The molecule has 3 N–H and O–H groups in total. The smallest absolute Gasteiger partial charge is 0.261 e. The molecule has 0 aliphatic carbocycles. The number of carbonyl (C=O) groups is 1. The Balaban J connectivity index is 2.42. The van der Waals surface area contributed by atoms with E-state index in [-0.39, 0.29) is 5.91 Å². The number of rotatable bonds is 4. The normalized spacial score (nSPS) is 10.1. The van der Waals surface area contributed by atoms with Crippen molar-refractivity contribution in [1.29, 1.82) is 0 Å². The Morgan fingerprint density at radius 3 is 2.81 bits per heavy atom. The molecule has 2 aromatic rings. The second kappa shape index (κ2) is 6.55. The van der Waals surface area contributed by atoms with Crippen molar-refractivity contribution < 1.29 is 9.53 Å². The van der Waals surface area contributed by atoms with Crippen molar-refractivity contribution in [3.8, 4) is 5.75 Å². The molecule has 0 fully saturated rings. The first kappa shape index (κ1) is 15.3. The van der Waals surface area contributed by atoms with Crippen LogP contribution in [0.25, 0.3) is 0 Å². The number of anilines is 2. The molecule has 2 rings (SSSR count). The van der Waals surface area contributed by atoms with E-state index < -0.39 is 0 Å². The zero-order chi connectivity index (χ0) is 15.4. The molecule has 1 aromatic heterocycles. The maximum absolute atomic E-state index is 12.7. The molecule has 0 radical (unpaired) electrons. The zero-order valence-electron chi connectivity index (χ0n) is 11.6. The van der Waals surface area contributed by atoms with Gasteiger partial charge in [-0.15, -0.1) is 0 Å². The predicted molar refractivity (Wildman–Crippen MR) is 85.5 cm³/mol. The summed E-state index contributed by atoms with van der Waals surface area (Å²) in [4.78, 5) is 18.2. The first-order valence-corrected chi connectivity index (χ1v) is 6.91. The number of carbonyl (C=O) groups excluding carboxylic acids is 1. The number of nitrogens with one attached hydrogen (secondary N) is 1. The van der Waals surface area contributed by atoms with Crippen LogP contribution >= 0.6 is 15.9 Å². The van der Waals surface area contributed by atoms with Gasteiger partial charge in [0.15, 0.2) is 5.82 Å². The van der Waals surface area contributed by atoms with E-state index >= 15 is 0 Å². The van der Waals surface area contributed by atoms with Crippen LogP contribution in [0.1, 0.15) is 10.4 Å². The zero-order valence-corrected chi connectivity index (χ0v) is 13.2. The van der Waals surface area contributed by atoms with Gasteiger partial charge in [-0.05, 0) is 34.1 Å². The van der Waals surface area contributed by atoms with Crippen molar-refractivity contribution in [2.24, 2.45) is 5.84 Å². The van der Waals surface area contributed by atoms with Crippen LogP contribution < -0.4 is 20.9 Å². The quantitative estimate of drug-likeness (QED) is 0.653. The van der Waals surface area contributed by atoms with E-state index in [1.807, 2.05) is 12.1 Å². The average molecular weight is 351 g/mol. The number of nitrogens with zero attached hydrogens (tertiary/aromatic N) is 2. The number of amides is 1. The van der Waals surface area contributed by atoms with Gasteiger partial charge in [-0.25, -0.2) is 10.8 Å². The van der Waals surface area contributed by atoms with Crippen molar-refractivity contribution in [3.05, 3.63) is 46.6 Å². The fraction of sp³-hybridized carbons (Fsp3) is 0.143. The molecule has 1 aromatic carbocycles. The van der Waals surface area contributed by atoms with Crippen LogP contribution in [0.5, 0.6) is 5.75 Å². The number of para-hydroxylation sites is 2. The Labute approximate surface area is 131 Å². The standard InChI is InChI=1S/C14H15BrN4O2/c1-19(11-5-3-4-6-12(11)21-2)14(20)10-7-9(15)8-17-13(10)18-16/h3-8H,16H2,1-2H3,(H,17,18). The summed E-state index contributed by atoms with van der Waals surface area (Å²) in [7, 11) is 3.23. The topological polar surface area (TPSA) is 80.5 Å². The molecule has 0 saturated heterocycles. The highest BCUT2D eigenvalue weighted by Crippen LogP contribution is 2.29. The molecule has 6 nitrogen and oxygen atoms in total. The Hall–Kier alpha value is -2.12. The summed E-state index contributed by atoms with van der Waals surface area (Å²) in [5.74, 6) is 6.08. The lowest BCUT2D eigenvalue weighted by Crippen LogP contribution is -2.28. The molecule has 1 amide bonds. The van der Waals surface area contributed by atoms with Gasteiger partial charge in [-0.2, -0.15) is 0 Å². The highest BCUT2D eigenvalue weighted by Gasteiger charge is 2.20. The SMILES string of the molecule is COc1ccccc1N(C)C(=O)c1cc(Br)cnc1NN. The van der Waals surface area contributed by atoms with Gasteiger partial charge < -0.3 is 15.1 Å². The van der Waals surface area contributed by atoms with Crippen molar-refractivity contribution in [3.63, 3.8) is 0 Å². The highest BCUT2D eigenvalue weighted by molar-refractivity contribution is 9.10. The fourth-order valence-electron chi connectivity index (χ4n) is 1.91. The van der Waals surface area contributed by atoms with Gasteiger partial charge in [-0.3, -0.25) is 4.79 Å². The third kappa shape index (κ3) is 3.14. The van der Waals surface area contributed by atoms with Gasteiger partial charge >= 0.3 is 0 Å². The van der Waals surface area contributed by atoms with Gasteiger partial charge in [0.1, 0.15) is 5.75 Å². The van der Waals surface area contributed by atoms with Crippen molar-refractivity contribution in [2.75, 3.05) is 24.5 Å². The van der Waals surface area contributed by atoms with Gasteiger partial charge in [0.25, 0.3) is 5.91 Å². The number of hydrogen-bond donors (Lipinski definition) is 2. The van der Waals surface area contributed by atoms with Crippen molar-refractivity contribution >= 4 is 33.3 Å². The molecule has 7 heteroatoms. The van der Waals surface area contributed by atoms with Crippen LogP contribution in [0, 0.1) is 0 Å². The molecule has 0 atom stereocenters. The number of ether oxygens (including phenoxy) is 1. The predicted octanol–water partition coefficient (Wildman–Crippen LogP) is 2.41. The Bertz CT molecular complexity index is 663. The molecule has 0 aliphatic rings. The summed E-state index contributed by atoms with van der Waals surface area (Å²) < 4.78 is 5.97. The lowest BCUT2D eigenvalue weighted by atomic mass is 10.2. The Morgan fingerprint density at radius 2 is 2.14 bits per heavy atom. The lowest BCUT2D eigenvalue weighted by Gasteiger charge is -2.21. The Kier molecular flexibility index (Phi) is 4.77. The van der Waals surface area contributed by atoms with Gasteiger partial charge in [0.2, 0.25) is 0 Å². The highest BCUT2D eigenvalue weighted by atomic mass is 79.9. The van der Waals surface area contributed by atoms with Gasteiger partial charge in [0.05, 0.1) is 18.4 Å². The van der Waals surface area contributed by atoms with Crippen LogP contribution in [-0.2, 0) is 0 Å². The minimum atomic E-state index is -0.249. The maximum Gasteiger partial charge on any atom is 0.261 e. The summed E-state index contributed by atoms with van der Waals surface area (Å²) in [6, 6.07) is 8.94. The number of hydrazine groups is 1. The van der Waals surface area contributed by atoms with Crippen LogP contribution in [0.3, 0.4) is 0 Å². The molecule has 0 aliphatic heterocycles. The number of nitrogen functional groups attached to an aromatic ring is 1. The summed E-state index contributed by atoms with van der Waals surface area (Å²) >= 11 is 3.30. The summed E-state index contributed by atoms with van der Waals surface area (Å²) in [6.45, 7) is 0. The molecule has 1 heterocycles. The van der Waals surface area contributed by atoms with Crippen molar-refractivity contribution in [1.82, 2.24) is 4.98 Å². The number of hydrogen-bond acceptors (Lipinski definition) is 5. The third-order valence-corrected chi connectivity index (χ3v) is 3.41. The van der Waals surface area contributed by atoms with E-state index in [0.717, 1.165) is 0 Å². The maximum atomic E-state index is 12.7. The first-order valence-electron chi connectivity index (χ1n) is 6.11. The van der Waals surface area contributed by atoms with E-state index in [1.54, 1.807) is 38.6 Å². The molecule has 0 unspecified atom stereocenters. The summed E-state index contributed by atoms with van der Waals surface area (Å²) in [5.41, 5.74) is 3.45. The second-order valence-corrected chi connectivity index (χ2v) is 5.15. The monoisotopic (exact) mass is 350 g/mol. The molecule has 21 heavy (non-hydrogen) atoms. The van der Waals surface area contributed by atoms with E-state index in [1.165, 1.54) is 4.90 Å². The molecule has 0 saturated carbocycles. The average Bonchev–Trinajstić information content (AvgIpc) is 2.53. The molecule has 110 valence electrons. The van der Waals surface area contributed by atoms with Gasteiger partial charge in [0, 0.05) is 17.7 Å². The number of methoxy groups -OCH3 is 1. The van der Waals surface area contributed by atoms with Crippen LogP contribution in [-0.4, -0.2) is 25.0 Å². The molecule has 0 spiro atoms. The third-order valence-electron chi connectivity index (χ3n) is 2.97. The van der Waals surface area contributed by atoms with Crippen LogP contribution in [0.4, 0.5) is 11.5 Å². The van der Waals surface area contributed by atoms with Crippen LogP contribution in [0.15, 0.2) is 41.0 Å². The number of nitrogens with two attached hydrogens (primary N) is 1. The summed E-state index contributed by atoms with van der Waals surface area (Å²) in [6.07, 6.45) is 1.56. The lowest BCUT2D eigenvalue weighted by molar-refractivity contribution is 0.0993. The minimum absolute atomic E-state index is 0.249. The number of benzene rings is 1. The molecular weight excluding hydrogens is 336 g/mol. The largest absolute Gasteiger partial charge is 0.495 e. The number of halogens is 1.